The maximum atomic E-state index is 14.7. The molecule has 0 bridgehead atoms. The molecular weight excluding hydrogens is 439 g/mol. The van der Waals surface area contributed by atoms with E-state index in [1.165, 1.54) is 35.9 Å². The van der Waals surface area contributed by atoms with E-state index in [9.17, 15) is 14.0 Å². The molecule has 1 N–H and O–H groups in total. The van der Waals surface area contributed by atoms with Gasteiger partial charge < -0.3 is 10.1 Å². The molecule has 10 heteroatoms. The number of rotatable bonds is 6. The Morgan fingerprint density at radius 2 is 1.94 bits per heavy atom. The molecule has 34 heavy (non-hydrogen) atoms. The third-order valence-corrected chi connectivity index (χ3v) is 6.08. The molecule has 2 aromatic heterocycles. The molecule has 0 unspecified atom stereocenters. The first-order chi connectivity index (χ1) is 16.3. The van der Waals surface area contributed by atoms with E-state index in [-0.39, 0.29) is 23.3 Å². The molecule has 0 spiro atoms. The summed E-state index contributed by atoms with van der Waals surface area (Å²) in [5.41, 5.74) is -0.706. The van der Waals surface area contributed by atoms with Gasteiger partial charge in [0.15, 0.2) is 11.6 Å². The number of hydrogen-bond acceptors (Lipinski definition) is 7. The number of hydrogen-bond donors (Lipinski definition) is 1. The first kappa shape index (κ1) is 23.2. The normalized spacial score (nSPS) is 17.7. The Balaban J connectivity index is 1.58. The van der Waals surface area contributed by atoms with E-state index >= 15 is 0 Å². The summed E-state index contributed by atoms with van der Waals surface area (Å²) in [6.07, 6.45) is 4.19. The number of ether oxygens (including phenoxy) is 1. The van der Waals surface area contributed by atoms with Crippen molar-refractivity contribution < 1.29 is 9.13 Å². The first-order valence-corrected chi connectivity index (χ1v) is 11.1. The number of nitriles is 1. The molecule has 3 aromatic rings. The Labute approximate surface area is 195 Å². The predicted molar refractivity (Wildman–Crippen MR) is 124 cm³/mol. The Kier molecular flexibility index (Phi) is 6.72. The molecule has 1 saturated carbocycles. The molecule has 1 aliphatic carbocycles. The molecular formula is C24H25FN6O3. The zero-order valence-electron chi connectivity index (χ0n) is 19.0. The maximum absolute atomic E-state index is 14.7. The van der Waals surface area contributed by atoms with E-state index in [1.54, 1.807) is 12.1 Å². The second kappa shape index (κ2) is 9.87. The molecule has 0 atom stereocenters. The number of pyridine rings is 1. The number of anilines is 2. The van der Waals surface area contributed by atoms with Crippen molar-refractivity contribution in [2.24, 2.45) is 18.9 Å². The van der Waals surface area contributed by atoms with Crippen LogP contribution >= 0.6 is 0 Å². The Hall–Kier alpha value is -4.00. The quantitative estimate of drug-likeness (QED) is 0.591. The van der Waals surface area contributed by atoms with Crippen LogP contribution < -0.4 is 21.4 Å². The van der Waals surface area contributed by atoms with Crippen LogP contribution in [0.5, 0.6) is 11.6 Å². The van der Waals surface area contributed by atoms with Crippen LogP contribution in [-0.2, 0) is 13.6 Å². The fourth-order valence-corrected chi connectivity index (χ4v) is 4.05. The number of nitrogens with one attached hydrogen (secondary N) is 1. The Bertz CT molecular complexity index is 1350. The summed E-state index contributed by atoms with van der Waals surface area (Å²) in [7, 11) is 1.39. The Morgan fingerprint density at radius 1 is 1.18 bits per heavy atom. The highest BCUT2D eigenvalue weighted by molar-refractivity contribution is 5.55. The third kappa shape index (κ3) is 5.14. The summed E-state index contributed by atoms with van der Waals surface area (Å²) in [5, 5.41) is 11.9. The molecule has 1 aromatic carbocycles. The molecule has 176 valence electrons. The van der Waals surface area contributed by atoms with Gasteiger partial charge in [0, 0.05) is 31.4 Å². The van der Waals surface area contributed by atoms with Gasteiger partial charge in [0.05, 0.1) is 0 Å². The minimum atomic E-state index is -0.690. The lowest BCUT2D eigenvalue weighted by atomic mass is 9.83. The van der Waals surface area contributed by atoms with Crippen LogP contribution in [0.3, 0.4) is 0 Å². The van der Waals surface area contributed by atoms with E-state index < -0.39 is 17.2 Å². The number of benzene rings is 1. The SMILES string of the molecule is CC1CCC(Cn2c(Nc3ccc(Oc4cccc(C#N)n4)c(F)c3)nc(=O)n(C)c2=O)CC1. The van der Waals surface area contributed by atoms with Crippen molar-refractivity contribution in [1.82, 2.24) is 19.1 Å². The smallest absolute Gasteiger partial charge is 0.354 e. The second-order valence-electron chi connectivity index (χ2n) is 8.64. The van der Waals surface area contributed by atoms with E-state index in [4.69, 9.17) is 10.00 Å². The van der Waals surface area contributed by atoms with Gasteiger partial charge in [-0.25, -0.2) is 23.5 Å². The van der Waals surface area contributed by atoms with Gasteiger partial charge in [0.1, 0.15) is 11.8 Å². The molecule has 0 saturated heterocycles. The number of nitrogens with zero attached hydrogens (tertiary/aromatic N) is 5. The van der Waals surface area contributed by atoms with Crippen LogP contribution in [0.4, 0.5) is 16.0 Å². The second-order valence-corrected chi connectivity index (χ2v) is 8.64. The van der Waals surface area contributed by atoms with Crippen molar-refractivity contribution in [3.63, 3.8) is 0 Å². The molecule has 0 amide bonds. The van der Waals surface area contributed by atoms with Crippen molar-refractivity contribution in [3.05, 3.63) is 68.9 Å². The van der Waals surface area contributed by atoms with Gasteiger partial charge in [-0.1, -0.05) is 25.8 Å². The summed E-state index contributed by atoms with van der Waals surface area (Å²) in [6.45, 7) is 2.65. The molecule has 0 radical (unpaired) electrons. The highest BCUT2D eigenvalue weighted by Crippen LogP contribution is 2.30. The highest BCUT2D eigenvalue weighted by atomic mass is 19.1. The number of halogens is 1. The molecule has 2 heterocycles. The summed E-state index contributed by atoms with van der Waals surface area (Å²) in [6, 6.07) is 10.6. The largest absolute Gasteiger partial charge is 0.436 e. The minimum Gasteiger partial charge on any atom is -0.436 e. The molecule has 4 rings (SSSR count). The summed E-state index contributed by atoms with van der Waals surface area (Å²) < 4.78 is 22.6. The average Bonchev–Trinajstić information content (AvgIpc) is 2.83. The van der Waals surface area contributed by atoms with Gasteiger partial charge in [0.2, 0.25) is 11.8 Å². The van der Waals surface area contributed by atoms with Crippen LogP contribution in [0.25, 0.3) is 0 Å². The van der Waals surface area contributed by atoms with Crippen LogP contribution in [0, 0.1) is 29.0 Å². The van der Waals surface area contributed by atoms with E-state index in [2.05, 4.69) is 22.2 Å². The van der Waals surface area contributed by atoms with Gasteiger partial charge in [0.25, 0.3) is 0 Å². The monoisotopic (exact) mass is 464 g/mol. The third-order valence-electron chi connectivity index (χ3n) is 6.08. The molecule has 0 aliphatic heterocycles. The fourth-order valence-electron chi connectivity index (χ4n) is 4.05. The van der Waals surface area contributed by atoms with Crippen LogP contribution in [0.1, 0.15) is 38.3 Å². The lowest BCUT2D eigenvalue weighted by Crippen LogP contribution is -2.42. The summed E-state index contributed by atoms with van der Waals surface area (Å²) >= 11 is 0. The van der Waals surface area contributed by atoms with Crippen LogP contribution in [-0.4, -0.2) is 19.1 Å². The van der Waals surface area contributed by atoms with Crippen molar-refractivity contribution in [2.45, 2.75) is 39.2 Å². The summed E-state index contributed by atoms with van der Waals surface area (Å²) in [5.74, 6) is 0.362. The molecule has 1 fully saturated rings. The zero-order chi connectivity index (χ0) is 24.2. The fraction of sp³-hybridized carbons (Fsp3) is 0.375. The molecule has 1 aliphatic rings. The van der Waals surface area contributed by atoms with Crippen molar-refractivity contribution >= 4 is 11.6 Å². The van der Waals surface area contributed by atoms with Crippen molar-refractivity contribution in [2.75, 3.05) is 5.32 Å². The lowest BCUT2D eigenvalue weighted by Gasteiger charge is -2.27. The molecule has 9 nitrogen and oxygen atoms in total. The van der Waals surface area contributed by atoms with Gasteiger partial charge in [-0.05, 0) is 42.9 Å². The maximum Gasteiger partial charge on any atom is 0.354 e. The van der Waals surface area contributed by atoms with Crippen LogP contribution in [0.2, 0.25) is 0 Å². The lowest BCUT2D eigenvalue weighted by molar-refractivity contribution is 0.261. The van der Waals surface area contributed by atoms with E-state index in [1.807, 2.05) is 6.07 Å². The van der Waals surface area contributed by atoms with Gasteiger partial charge in [-0.15, -0.1) is 0 Å². The zero-order valence-corrected chi connectivity index (χ0v) is 19.0. The van der Waals surface area contributed by atoms with Gasteiger partial charge >= 0.3 is 11.4 Å². The van der Waals surface area contributed by atoms with Crippen molar-refractivity contribution in [1.29, 1.82) is 5.26 Å². The van der Waals surface area contributed by atoms with E-state index in [0.29, 0.717) is 24.1 Å². The van der Waals surface area contributed by atoms with Gasteiger partial charge in [-0.2, -0.15) is 10.2 Å². The Morgan fingerprint density at radius 3 is 2.65 bits per heavy atom. The topological polar surface area (TPSA) is 115 Å². The highest BCUT2D eigenvalue weighted by Gasteiger charge is 2.22. The van der Waals surface area contributed by atoms with E-state index in [0.717, 1.165) is 30.3 Å². The number of aromatic nitrogens is 4. The average molecular weight is 465 g/mol. The first-order valence-electron chi connectivity index (χ1n) is 11.1. The van der Waals surface area contributed by atoms with Crippen molar-refractivity contribution in [3.8, 4) is 17.7 Å². The standard InChI is InChI=1S/C24H25FN6O3/c1-15-6-8-16(9-7-15)14-31-22(29-23(32)30(2)24(31)33)28-17-10-11-20(19(25)12-17)34-21-5-3-4-18(13-26)27-21/h3-5,10-12,15-16H,6-9,14H2,1-2H3,(H,28,29,32). The summed E-state index contributed by atoms with van der Waals surface area (Å²) in [4.78, 5) is 33.0. The van der Waals surface area contributed by atoms with Crippen LogP contribution in [0.15, 0.2) is 46.0 Å². The van der Waals surface area contributed by atoms with Gasteiger partial charge in [-0.3, -0.25) is 4.57 Å². The minimum absolute atomic E-state index is 0.0724. The predicted octanol–water partition coefficient (Wildman–Crippen LogP) is 3.71.